The molecule has 0 bridgehead atoms. The third kappa shape index (κ3) is 3.22. The van der Waals surface area contributed by atoms with Crippen molar-refractivity contribution in [1.29, 1.82) is 5.26 Å². The van der Waals surface area contributed by atoms with Gasteiger partial charge in [-0.1, -0.05) is 6.92 Å². The summed E-state index contributed by atoms with van der Waals surface area (Å²) in [5.41, 5.74) is 0.0602. The minimum Gasteiger partial charge on any atom is -0.366 e. The normalized spacial score (nSPS) is 16.6. The lowest BCUT2D eigenvalue weighted by Gasteiger charge is -2.31. The Morgan fingerprint density at radius 3 is 2.85 bits per heavy atom. The van der Waals surface area contributed by atoms with E-state index in [0.29, 0.717) is 5.82 Å². The summed E-state index contributed by atoms with van der Waals surface area (Å²) < 4.78 is 0. The first-order valence-electron chi connectivity index (χ1n) is 6.67. The molecule has 1 aliphatic rings. The van der Waals surface area contributed by atoms with Crippen molar-refractivity contribution < 1.29 is 4.92 Å². The Bertz CT molecular complexity index is 532. The Labute approximate surface area is 117 Å². The van der Waals surface area contributed by atoms with Crippen LogP contribution in [0.1, 0.15) is 25.3 Å². The van der Waals surface area contributed by atoms with Gasteiger partial charge in [0.1, 0.15) is 23.6 Å². The van der Waals surface area contributed by atoms with Crippen molar-refractivity contribution in [2.24, 2.45) is 0 Å². The summed E-state index contributed by atoms with van der Waals surface area (Å²) in [6.45, 7) is 5.22. The van der Waals surface area contributed by atoms with E-state index in [-0.39, 0.29) is 17.3 Å². The molecule has 0 atom stereocenters. The summed E-state index contributed by atoms with van der Waals surface area (Å²) in [5.74, 6) is 0.438. The Hall–Kier alpha value is -2.20. The minimum absolute atomic E-state index is 0.159. The fourth-order valence-electron chi connectivity index (χ4n) is 2.34. The quantitative estimate of drug-likeness (QED) is 0.664. The van der Waals surface area contributed by atoms with E-state index >= 15 is 0 Å². The van der Waals surface area contributed by atoms with Gasteiger partial charge in [0.05, 0.1) is 4.92 Å². The monoisotopic (exact) mass is 275 g/mol. The molecular formula is C13H17N5O2. The lowest BCUT2D eigenvalue weighted by atomic mass is 10.0. The average molecular weight is 275 g/mol. The van der Waals surface area contributed by atoms with Crippen LogP contribution in [0.5, 0.6) is 0 Å². The molecule has 1 aromatic rings. The van der Waals surface area contributed by atoms with Crippen molar-refractivity contribution in [3.8, 4) is 6.07 Å². The molecule has 1 aromatic heterocycles. The average Bonchev–Trinajstić information content (AvgIpc) is 2.48. The van der Waals surface area contributed by atoms with Crippen molar-refractivity contribution in [3.05, 3.63) is 27.9 Å². The number of nitrogens with zero attached hydrogens (tertiary/aromatic N) is 4. The number of rotatable bonds is 4. The topological polar surface area (TPSA) is 95.1 Å². The summed E-state index contributed by atoms with van der Waals surface area (Å²) in [6.07, 6.45) is 3.15. The maximum atomic E-state index is 10.7. The van der Waals surface area contributed by atoms with Gasteiger partial charge in [0.15, 0.2) is 0 Å². The highest BCUT2D eigenvalue weighted by Gasteiger charge is 2.20. The molecule has 20 heavy (non-hydrogen) atoms. The highest BCUT2D eigenvalue weighted by molar-refractivity contribution is 5.56. The highest BCUT2D eigenvalue weighted by atomic mass is 16.6. The predicted molar refractivity (Wildman–Crippen MR) is 74.4 cm³/mol. The van der Waals surface area contributed by atoms with Gasteiger partial charge in [0.2, 0.25) is 0 Å². The first kappa shape index (κ1) is 14.2. The van der Waals surface area contributed by atoms with Crippen LogP contribution >= 0.6 is 0 Å². The smallest absolute Gasteiger partial charge is 0.289 e. The van der Waals surface area contributed by atoms with Crippen LogP contribution in [0.15, 0.2) is 12.3 Å². The number of hydrogen-bond acceptors (Lipinski definition) is 6. The number of anilines is 1. The molecule has 0 spiro atoms. The van der Waals surface area contributed by atoms with E-state index < -0.39 is 4.92 Å². The van der Waals surface area contributed by atoms with E-state index in [2.05, 4.69) is 22.1 Å². The maximum absolute atomic E-state index is 10.7. The molecule has 0 aliphatic carbocycles. The van der Waals surface area contributed by atoms with Gasteiger partial charge in [-0.15, -0.1) is 0 Å². The van der Waals surface area contributed by atoms with Gasteiger partial charge >= 0.3 is 0 Å². The summed E-state index contributed by atoms with van der Waals surface area (Å²) in [4.78, 5) is 16.5. The van der Waals surface area contributed by atoms with Gasteiger partial charge in [-0.3, -0.25) is 10.1 Å². The molecule has 0 aromatic carbocycles. The summed E-state index contributed by atoms with van der Waals surface area (Å²) in [5, 5.41) is 23.0. The second-order valence-electron chi connectivity index (χ2n) is 4.81. The molecule has 2 heterocycles. The van der Waals surface area contributed by atoms with Gasteiger partial charge < -0.3 is 10.2 Å². The minimum atomic E-state index is -0.544. The van der Waals surface area contributed by atoms with Crippen LogP contribution in [0.25, 0.3) is 0 Å². The largest absolute Gasteiger partial charge is 0.366 e. The van der Waals surface area contributed by atoms with E-state index in [1.54, 1.807) is 0 Å². The third-order valence-corrected chi connectivity index (χ3v) is 3.58. The highest BCUT2D eigenvalue weighted by Crippen LogP contribution is 2.21. The molecule has 1 N–H and O–H groups in total. The van der Waals surface area contributed by atoms with Gasteiger partial charge in [-0.05, 0) is 19.4 Å². The Balaban J connectivity index is 2.06. The zero-order valence-corrected chi connectivity index (χ0v) is 11.4. The Morgan fingerprint density at radius 1 is 1.60 bits per heavy atom. The number of hydrogen-bond donors (Lipinski definition) is 1. The van der Waals surface area contributed by atoms with E-state index in [4.69, 9.17) is 5.26 Å². The fourth-order valence-corrected chi connectivity index (χ4v) is 2.34. The van der Waals surface area contributed by atoms with Gasteiger partial charge in [0.25, 0.3) is 5.69 Å². The number of pyridine rings is 1. The van der Waals surface area contributed by atoms with Gasteiger partial charge in [-0.25, -0.2) is 4.98 Å². The molecule has 0 unspecified atom stereocenters. The Morgan fingerprint density at radius 2 is 2.30 bits per heavy atom. The summed E-state index contributed by atoms with van der Waals surface area (Å²) >= 11 is 0. The molecule has 7 heteroatoms. The second-order valence-corrected chi connectivity index (χ2v) is 4.81. The number of nitro groups is 1. The number of aromatic nitrogens is 1. The van der Waals surface area contributed by atoms with Crippen LogP contribution in [0, 0.1) is 21.4 Å². The van der Waals surface area contributed by atoms with Crippen molar-refractivity contribution in [3.63, 3.8) is 0 Å². The number of piperidine rings is 1. The third-order valence-electron chi connectivity index (χ3n) is 3.58. The first-order chi connectivity index (χ1) is 9.63. The number of likely N-dealkylation sites (tertiary alicyclic amines) is 1. The van der Waals surface area contributed by atoms with E-state index in [1.165, 1.54) is 12.3 Å². The van der Waals surface area contributed by atoms with Gasteiger partial charge in [-0.2, -0.15) is 5.26 Å². The molecule has 0 saturated carbocycles. The van der Waals surface area contributed by atoms with Crippen molar-refractivity contribution in [2.45, 2.75) is 25.8 Å². The zero-order valence-electron chi connectivity index (χ0n) is 11.4. The SMILES string of the molecule is CCN1CCC(Nc2ncc([N+](=O)[O-])cc2C#N)CC1. The van der Waals surface area contributed by atoms with Crippen LogP contribution in [-0.4, -0.2) is 40.5 Å². The number of nitrogens with one attached hydrogen (secondary N) is 1. The van der Waals surface area contributed by atoms with E-state index in [0.717, 1.165) is 32.5 Å². The summed E-state index contributed by atoms with van der Waals surface area (Å²) in [7, 11) is 0. The predicted octanol–water partition coefficient (Wildman–Crippen LogP) is 1.76. The molecule has 1 fully saturated rings. The van der Waals surface area contributed by atoms with Crippen LogP contribution in [0.3, 0.4) is 0 Å². The molecular weight excluding hydrogens is 258 g/mol. The standard InChI is InChI=1S/C13H17N5O2/c1-2-17-5-3-11(4-6-17)16-13-10(8-14)7-12(9-15-13)18(19)20/h7,9,11H,2-6H2,1H3,(H,15,16). The van der Waals surface area contributed by atoms with Crippen LogP contribution < -0.4 is 5.32 Å². The fraction of sp³-hybridized carbons (Fsp3) is 0.538. The molecule has 0 radical (unpaired) electrons. The van der Waals surface area contributed by atoms with Crippen LogP contribution in [0.2, 0.25) is 0 Å². The lowest BCUT2D eigenvalue weighted by Crippen LogP contribution is -2.39. The lowest BCUT2D eigenvalue weighted by molar-refractivity contribution is -0.385. The van der Waals surface area contributed by atoms with Crippen LogP contribution in [0.4, 0.5) is 11.5 Å². The molecule has 106 valence electrons. The molecule has 1 saturated heterocycles. The van der Waals surface area contributed by atoms with E-state index in [1.807, 2.05) is 6.07 Å². The molecule has 7 nitrogen and oxygen atoms in total. The Kier molecular flexibility index (Phi) is 4.48. The second kappa shape index (κ2) is 6.30. The molecule has 1 aliphatic heterocycles. The first-order valence-corrected chi connectivity index (χ1v) is 6.67. The molecule has 2 rings (SSSR count). The van der Waals surface area contributed by atoms with E-state index in [9.17, 15) is 10.1 Å². The summed E-state index contributed by atoms with van der Waals surface area (Å²) in [6, 6.07) is 3.48. The molecule has 0 amide bonds. The van der Waals surface area contributed by atoms with Crippen molar-refractivity contribution in [2.75, 3.05) is 25.0 Å². The maximum Gasteiger partial charge on any atom is 0.289 e. The number of nitriles is 1. The van der Waals surface area contributed by atoms with Gasteiger partial charge in [0, 0.05) is 25.2 Å². The van der Waals surface area contributed by atoms with Crippen molar-refractivity contribution in [1.82, 2.24) is 9.88 Å². The van der Waals surface area contributed by atoms with Crippen LogP contribution in [-0.2, 0) is 0 Å². The van der Waals surface area contributed by atoms with Crippen molar-refractivity contribution >= 4 is 11.5 Å². The zero-order chi connectivity index (χ0) is 14.5.